The number of aromatic hydroxyl groups is 4. The number of phenolic OH excluding ortho intramolecular Hbond substituents is 4. The first-order valence-electron chi connectivity index (χ1n) is 5.61. The number of hydrogen-bond acceptors (Lipinski definition) is 4. The molecule has 2 aromatic carbocycles. The first kappa shape index (κ1) is 18.5. The summed E-state index contributed by atoms with van der Waals surface area (Å²) >= 11 is 0. The molecule has 0 atom stereocenters. The van der Waals surface area contributed by atoms with Crippen molar-refractivity contribution >= 4 is 12.2 Å². The van der Waals surface area contributed by atoms with Gasteiger partial charge in [0.25, 0.3) is 0 Å². The van der Waals surface area contributed by atoms with Crippen LogP contribution in [-0.4, -0.2) is 20.4 Å². The van der Waals surface area contributed by atoms with Crippen LogP contribution in [0.25, 0.3) is 12.2 Å². The van der Waals surface area contributed by atoms with Crippen molar-refractivity contribution in [2.45, 2.75) is 0 Å². The van der Waals surface area contributed by atoms with E-state index in [0.29, 0.717) is 11.1 Å². The third kappa shape index (κ3) is 5.53. The van der Waals surface area contributed by atoms with Gasteiger partial charge in [-0.15, -0.1) is 0 Å². The van der Waals surface area contributed by atoms with Crippen molar-refractivity contribution < 1.29 is 37.5 Å². The first-order chi connectivity index (χ1) is 9.47. The SMILES string of the molecule is [CH+]=Cc1ccc(O)cc1O.[CH+]=Cc1ccc(O)cc1O.[Cu]. The summed E-state index contributed by atoms with van der Waals surface area (Å²) in [6, 6.07) is 8.45. The van der Waals surface area contributed by atoms with E-state index in [1.807, 2.05) is 0 Å². The van der Waals surface area contributed by atoms with Gasteiger partial charge < -0.3 is 20.4 Å². The Labute approximate surface area is 133 Å². The van der Waals surface area contributed by atoms with Crippen molar-refractivity contribution in [3.05, 3.63) is 60.7 Å². The molecule has 0 fully saturated rings. The first-order valence-corrected chi connectivity index (χ1v) is 5.61. The Kier molecular flexibility index (Phi) is 7.55. The Balaban J connectivity index is 0.000000364. The van der Waals surface area contributed by atoms with E-state index in [1.165, 1.54) is 48.6 Å². The van der Waals surface area contributed by atoms with Crippen molar-refractivity contribution in [3.8, 4) is 23.0 Å². The standard InChI is InChI=1S/2C8H6O2.Cu/c2*1-2-6-3-4-7(9)5-8(6)10;/h2*1-5H,(H-,9,10);/p+2. The van der Waals surface area contributed by atoms with Gasteiger partial charge in [-0.05, 0) is 0 Å². The molecule has 0 aliphatic rings. The molecule has 21 heavy (non-hydrogen) atoms. The minimum atomic E-state index is -0.0116. The summed E-state index contributed by atoms with van der Waals surface area (Å²) in [4.78, 5) is 0. The predicted octanol–water partition coefficient (Wildman–Crippen LogP) is 3.09. The molecule has 4 N–H and O–H groups in total. The third-order valence-corrected chi connectivity index (χ3v) is 2.39. The molecule has 0 saturated heterocycles. The minimum absolute atomic E-state index is 0. The van der Waals surface area contributed by atoms with E-state index >= 15 is 0 Å². The maximum absolute atomic E-state index is 9.02. The molecule has 0 aliphatic carbocycles. The van der Waals surface area contributed by atoms with E-state index in [9.17, 15) is 0 Å². The van der Waals surface area contributed by atoms with Crippen molar-refractivity contribution in [2.24, 2.45) is 0 Å². The van der Waals surface area contributed by atoms with Gasteiger partial charge in [0.05, 0.1) is 0 Å². The maximum atomic E-state index is 9.02. The van der Waals surface area contributed by atoms with Crippen molar-refractivity contribution in [2.75, 3.05) is 0 Å². The molecule has 0 unspecified atom stereocenters. The monoisotopic (exact) mass is 333 g/mol. The van der Waals surface area contributed by atoms with E-state index in [0.717, 1.165) is 0 Å². The van der Waals surface area contributed by atoms with Gasteiger partial charge in [-0.25, -0.2) is 0 Å². The maximum Gasteiger partial charge on any atom is 0.213 e. The largest absolute Gasteiger partial charge is 0.508 e. The van der Waals surface area contributed by atoms with Crippen LogP contribution < -0.4 is 0 Å². The van der Waals surface area contributed by atoms with Crippen molar-refractivity contribution in [1.29, 1.82) is 0 Å². The zero-order valence-corrected chi connectivity index (χ0v) is 11.8. The van der Waals surface area contributed by atoms with Gasteiger partial charge in [0.2, 0.25) is 11.5 Å². The molecule has 0 saturated carbocycles. The fraction of sp³-hybridized carbons (Fsp3) is 0. The van der Waals surface area contributed by atoms with Crippen LogP contribution in [0.2, 0.25) is 0 Å². The van der Waals surface area contributed by atoms with Crippen LogP contribution in [0.3, 0.4) is 0 Å². The van der Waals surface area contributed by atoms with Crippen LogP contribution in [0.15, 0.2) is 36.4 Å². The smallest absolute Gasteiger partial charge is 0.213 e. The topological polar surface area (TPSA) is 80.9 Å². The average molecular weight is 334 g/mol. The van der Waals surface area contributed by atoms with E-state index < -0.39 is 0 Å². The van der Waals surface area contributed by atoms with Crippen LogP contribution in [0, 0.1) is 13.2 Å². The van der Waals surface area contributed by atoms with Crippen LogP contribution in [0.5, 0.6) is 23.0 Å². The Morgan fingerprint density at radius 3 is 1.24 bits per heavy atom. The Bertz CT molecular complexity index is 568. The predicted molar refractivity (Wildman–Crippen MR) is 77.1 cm³/mol. The van der Waals surface area contributed by atoms with Crippen molar-refractivity contribution in [3.63, 3.8) is 0 Å². The van der Waals surface area contributed by atoms with Gasteiger partial charge >= 0.3 is 0 Å². The zero-order valence-electron chi connectivity index (χ0n) is 10.9. The molecule has 0 aromatic heterocycles. The molecule has 111 valence electrons. The number of benzene rings is 2. The molecule has 0 spiro atoms. The molecule has 0 heterocycles. The van der Waals surface area contributed by atoms with Gasteiger partial charge in [0.15, 0.2) is 23.3 Å². The Morgan fingerprint density at radius 1 is 0.667 bits per heavy atom. The van der Waals surface area contributed by atoms with E-state index in [4.69, 9.17) is 33.6 Å². The summed E-state index contributed by atoms with van der Waals surface area (Å²) in [5.74, 6) is 0.0381. The van der Waals surface area contributed by atoms with Gasteiger partial charge in [0.1, 0.15) is 11.5 Å². The summed E-state index contributed by atoms with van der Waals surface area (Å²) < 4.78 is 0. The van der Waals surface area contributed by atoms with Crippen LogP contribution in [0.4, 0.5) is 0 Å². The van der Waals surface area contributed by atoms with E-state index in [1.54, 1.807) is 0 Å². The minimum Gasteiger partial charge on any atom is -0.508 e. The summed E-state index contributed by atoms with van der Waals surface area (Å²) in [5, 5.41) is 35.7. The Hall–Kier alpha value is -2.54. The summed E-state index contributed by atoms with van der Waals surface area (Å²) in [7, 11) is 0. The number of hydrogen-bond donors (Lipinski definition) is 4. The van der Waals surface area contributed by atoms with Gasteiger partial charge in [0, 0.05) is 66.6 Å². The number of phenols is 4. The quantitative estimate of drug-likeness (QED) is 0.503. The number of rotatable bonds is 2. The van der Waals surface area contributed by atoms with Gasteiger partial charge in [-0.2, -0.15) is 0 Å². The molecule has 0 amide bonds. The molecular formula is C16H14CuO4+2. The molecule has 1 radical (unpaired) electrons. The summed E-state index contributed by atoms with van der Waals surface area (Å²) in [6.07, 6.45) is 2.55. The summed E-state index contributed by atoms with van der Waals surface area (Å²) in [6.45, 7) is 10.3. The normalized spacial score (nSPS) is 8.67. The molecule has 0 bridgehead atoms. The van der Waals surface area contributed by atoms with E-state index in [-0.39, 0.29) is 40.1 Å². The summed E-state index contributed by atoms with van der Waals surface area (Å²) in [5.41, 5.74) is 1.02. The zero-order chi connectivity index (χ0) is 15.1. The molecule has 0 aliphatic heterocycles. The average Bonchev–Trinajstić information content (AvgIpc) is 2.40. The molecule has 5 heteroatoms. The Morgan fingerprint density at radius 2 is 1.00 bits per heavy atom. The van der Waals surface area contributed by atoms with Crippen LogP contribution >= 0.6 is 0 Å². The van der Waals surface area contributed by atoms with Crippen LogP contribution in [0.1, 0.15) is 11.1 Å². The molecule has 4 nitrogen and oxygen atoms in total. The fourth-order valence-corrected chi connectivity index (χ4v) is 1.35. The third-order valence-electron chi connectivity index (χ3n) is 2.39. The second-order valence-electron chi connectivity index (χ2n) is 3.82. The second kappa shape index (κ2) is 8.59. The van der Waals surface area contributed by atoms with Crippen LogP contribution in [-0.2, 0) is 17.1 Å². The molecule has 2 aromatic rings. The fourth-order valence-electron chi connectivity index (χ4n) is 1.35. The van der Waals surface area contributed by atoms with Gasteiger partial charge in [-0.3, -0.25) is 0 Å². The molecular weight excluding hydrogens is 320 g/mol. The van der Waals surface area contributed by atoms with E-state index in [2.05, 4.69) is 0 Å². The van der Waals surface area contributed by atoms with Gasteiger partial charge in [-0.1, -0.05) is 0 Å². The van der Waals surface area contributed by atoms with Crippen molar-refractivity contribution in [1.82, 2.24) is 0 Å². The molecule has 2 rings (SSSR count). The second-order valence-corrected chi connectivity index (χ2v) is 3.82.